The number of nitrogens with zero attached hydrogens (tertiary/aromatic N) is 4. The van der Waals surface area contributed by atoms with Crippen LogP contribution in [-0.4, -0.2) is 66.0 Å². The molecule has 0 atom stereocenters. The van der Waals surface area contributed by atoms with E-state index in [2.05, 4.69) is 25.7 Å². The largest absolute Gasteiger partial charge is 0.484 e. The Hall–Kier alpha value is -2.91. The molecule has 0 spiro atoms. The van der Waals surface area contributed by atoms with Gasteiger partial charge in [0.15, 0.2) is 6.61 Å². The summed E-state index contributed by atoms with van der Waals surface area (Å²) in [6.45, 7) is 2.87. The number of benzene rings is 1. The molecule has 148 valence electrons. The van der Waals surface area contributed by atoms with Gasteiger partial charge in [0.2, 0.25) is 5.95 Å². The lowest BCUT2D eigenvalue weighted by molar-refractivity contribution is -0.130. The number of anilines is 1. The maximum atomic E-state index is 12.0. The average molecular weight is 405 g/mol. The normalized spacial score (nSPS) is 14.4. The van der Waals surface area contributed by atoms with E-state index in [0.717, 1.165) is 13.1 Å². The number of hydrazine groups is 1. The van der Waals surface area contributed by atoms with Gasteiger partial charge >= 0.3 is 0 Å². The Morgan fingerprint density at radius 3 is 2.32 bits per heavy atom. The lowest BCUT2D eigenvalue weighted by Crippen LogP contribution is -2.52. The van der Waals surface area contributed by atoms with Gasteiger partial charge in [0.25, 0.3) is 11.8 Å². The summed E-state index contributed by atoms with van der Waals surface area (Å²) in [6.07, 6.45) is 3.42. The summed E-state index contributed by atoms with van der Waals surface area (Å²) in [5, 5.41) is 0.584. The molecule has 2 amide bonds. The van der Waals surface area contributed by atoms with Crippen molar-refractivity contribution in [2.24, 2.45) is 0 Å². The third kappa shape index (κ3) is 6.07. The van der Waals surface area contributed by atoms with Crippen molar-refractivity contribution in [2.45, 2.75) is 0 Å². The van der Waals surface area contributed by atoms with Crippen molar-refractivity contribution in [3.8, 4) is 5.75 Å². The number of piperazine rings is 1. The average Bonchev–Trinajstić information content (AvgIpc) is 2.73. The van der Waals surface area contributed by atoms with E-state index in [-0.39, 0.29) is 19.1 Å². The smallest absolute Gasteiger partial charge is 0.276 e. The fraction of sp³-hybridized carbons (Fsp3) is 0.333. The van der Waals surface area contributed by atoms with Crippen LogP contribution in [0.5, 0.6) is 5.75 Å². The number of amides is 2. The summed E-state index contributed by atoms with van der Waals surface area (Å²) in [5.74, 6) is 0.476. The summed E-state index contributed by atoms with van der Waals surface area (Å²) in [4.78, 5) is 36.3. The number of nitrogens with one attached hydrogen (secondary N) is 2. The Morgan fingerprint density at radius 2 is 1.64 bits per heavy atom. The molecule has 2 N–H and O–H groups in total. The van der Waals surface area contributed by atoms with E-state index in [9.17, 15) is 9.59 Å². The van der Waals surface area contributed by atoms with Gasteiger partial charge in [0.05, 0.1) is 6.54 Å². The molecule has 0 unspecified atom stereocenters. The highest BCUT2D eigenvalue weighted by atomic mass is 35.5. The molecule has 10 heteroatoms. The first-order valence-electron chi connectivity index (χ1n) is 8.80. The number of hydrogen-bond acceptors (Lipinski definition) is 7. The molecule has 9 nitrogen and oxygen atoms in total. The van der Waals surface area contributed by atoms with Crippen molar-refractivity contribution < 1.29 is 14.3 Å². The van der Waals surface area contributed by atoms with E-state index in [1.807, 2.05) is 4.90 Å². The predicted molar refractivity (Wildman–Crippen MR) is 104 cm³/mol. The first-order valence-corrected chi connectivity index (χ1v) is 9.18. The third-order valence-electron chi connectivity index (χ3n) is 4.10. The Labute approximate surface area is 167 Å². The SMILES string of the molecule is O=C(COc1ccc(Cl)cc1)NNC(=O)CN1CCN(c2ncccn2)CC1. The minimum absolute atomic E-state index is 0.196. The topological polar surface area (TPSA) is 99.7 Å². The molecule has 1 aromatic carbocycles. The summed E-state index contributed by atoms with van der Waals surface area (Å²) < 4.78 is 5.31. The standard InChI is InChI=1S/C18H21ClN6O3/c19-14-2-4-15(5-3-14)28-13-17(27)23-22-16(26)12-24-8-10-25(11-9-24)18-20-6-1-7-21-18/h1-7H,8-13H2,(H,22,26)(H,23,27). The van der Waals surface area contributed by atoms with E-state index in [0.29, 0.717) is 29.8 Å². The van der Waals surface area contributed by atoms with Crippen molar-refractivity contribution in [3.05, 3.63) is 47.7 Å². The number of halogens is 1. The monoisotopic (exact) mass is 404 g/mol. The second-order valence-electron chi connectivity index (χ2n) is 6.15. The molecule has 1 aliphatic heterocycles. The van der Waals surface area contributed by atoms with Gasteiger partial charge in [-0.05, 0) is 30.3 Å². The molecule has 1 aliphatic rings. The Kier molecular flexibility index (Phi) is 6.99. The number of carbonyl (C=O) groups is 2. The van der Waals surface area contributed by atoms with Crippen molar-refractivity contribution >= 4 is 29.4 Å². The van der Waals surface area contributed by atoms with Crippen LogP contribution >= 0.6 is 11.6 Å². The highest BCUT2D eigenvalue weighted by Crippen LogP contribution is 2.15. The minimum atomic E-state index is -0.450. The van der Waals surface area contributed by atoms with Crippen molar-refractivity contribution in [1.29, 1.82) is 0 Å². The third-order valence-corrected chi connectivity index (χ3v) is 4.35. The van der Waals surface area contributed by atoms with Crippen LogP contribution in [0.2, 0.25) is 5.02 Å². The molecule has 1 aromatic heterocycles. The quantitative estimate of drug-likeness (QED) is 0.675. The van der Waals surface area contributed by atoms with Crippen LogP contribution in [0.4, 0.5) is 5.95 Å². The van der Waals surface area contributed by atoms with Crippen molar-refractivity contribution in [2.75, 3.05) is 44.2 Å². The zero-order chi connectivity index (χ0) is 19.8. The van der Waals surface area contributed by atoms with E-state index in [1.54, 1.807) is 42.7 Å². The fourth-order valence-corrected chi connectivity index (χ4v) is 2.78. The second kappa shape index (κ2) is 9.86. The van der Waals surface area contributed by atoms with Gasteiger partial charge in [-0.2, -0.15) is 0 Å². The van der Waals surface area contributed by atoms with E-state index in [1.165, 1.54) is 0 Å². The van der Waals surface area contributed by atoms with Crippen LogP contribution in [0.1, 0.15) is 0 Å². The van der Waals surface area contributed by atoms with Crippen LogP contribution in [0.15, 0.2) is 42.7 Å². The molecular weight excluding hydrogens is 384 g/mol. The molecule has 3 rings (SSSR count). The van der Waals surface area contributed by atoms with Crippen molar-refractivity contribution in [3.63, 3.8) is 0 Å². The number of hydrogen-bond donors (Lipinski definition) is 2. The second-order valence-corrected chi connectivity index (χ2v) is 6.59. The van der Waals surface area contributed by atoms with Gasteiger partial charge in [0.1, 0.15) is 5.75 Å². The maximum Gasteiger partial charge on any atom is 0.276 e. The molecule has 0 saturated carbocycles. The van der Waals surface area contributed by atoms with Crippen LogP contribution in [0.3, 0.4) is 0 Å². The molecule has 2 aromatic rings. The Morgan fingerprint density at radius 1 is 1.00 bits per heavy atom. The van der Waals surface area contributed by atoms with Gasteiger partial charge in [0, 0.05) is 43.6 Å². The summed E-state index contributed by atoms with van der Waals surface area (Å²) >= 11 is 5.78. The van der Waals surface area contributed by atoms with Gasteiger partial charge < -0.3 is 9.64 Å². The molecule has 1 fully saturated rings. The first-order chi connectivity index (χ1) is 13.6. The Balaban J connectivity index is 1.32. The van der Waals surface area contributed by atoms with Crippen LogP contribution in [-0.2, 0) is 9.59 Å². The lowest BCUT2D eigenvalue weighted by Gasteiger charge is -2.34. The van der Waals surface area contributed by atoms with Crippen molar-refractivity contribution in [1.82, 2.24) is 25.7 Å². The summed E-state index contributed by atoms with van der Waals surface area (Å²) in [5.41, 5.74) is 4.74. The lowest BCUT2D eigenvalue weighted by atomic mass is 10.3. The number of ether oxygens (including phenoxy) is 1. The summed E-state index contributed by atoms with van der Waals surface area (Å²) in [7, 11) is 0. The molecular formula is C18H21ClN6O3. The predicted octanol–water partition coefficient (Wildman–Crippen LogP) is 0.478. The highest BCUT2D eigenvalue weighted by Gasteiger charge is 2.20. The first kappa shape index (κ1) is 19.8. The molecule has 1 saturated heterocycles. The van der Waals surface area contributed by atoms with Crippen LogP contribution in [0, 0.1) is 0 Å². The van der Waals surface area contributed by atoms with Gasteiger partial charge in [-0.3, -0.25) is 25.3 Å². The Bertz CT molecular complexity index is 782. The zero-order valence-corrected chi connectivity index (χ0v) is 15.9. The van der Waals surface area contributed by atoms with E-state index >= 15 is 0 Å². The van der Waals surface area contributed by atoms with Gasteiger partial charge in [-0.15, -0.1) is 0 Å². The van der Waals surface area contributed by atoms with Crippen LogP contribution < -0.4 is 20.5 Å². The fourth-order valence-electron chi connectivity index (χ4n) is 2.66. The van der Waals surface area contributed by atoms with E-state index in [4.69, 9.17) is 16.3 Å². The number of aromatic nitrogens is 2. The molecule has 0 bridgehead atoms. The summed E-state index contributed by atoms with van der Waals surface area (Å²) in [6, 6.07) is 8.43. The number of rotatable bonds is 6. The molecule has 0 radical (unpaired) electrons. The van der Waals surface area contributed by atoms with Gasteiger partial charge in [-0.25, -0.2) is 9.97 Å². The highest BCUT2D eigenvalue weighted by molar-refractivity contribution is 6.30. The van der Waals surface area contributed by atoms with Gasteiger partial charge in [-0.1, -0.05) is 11.6 Å². The number of carbonyl (C=O) groups excluding carboxylic acids is 2. The van der Waals surface area contributed by atoms with Crippen LogP contribution in [0.25, 0.3) is 0 Å². The van der Waals surface area contributed by atoms with E-state index < -0.39 is 5.91 Å². The zero-order valence-electron chi connectivity index (χ0n) is 15.2. The molecule has 28 heavy (non-hydrogen) atoms. The molecule has 0 aliphatic carbocycles. The maximum absolute atomic E-state index is 12.0. The molecule has 2 heterocycles. The minimum Gasteiger partial charge on any atom is -0.484 e.